The van der Waals surface area contributed by atoms with E-state index in [4.69, 9.17) is 5.10 Å². The molecule has 6 heteroatoms. The van der Waals surface area contributed by atoms with Crippen molar-refractivity contribution in [2.24, 2.45) is 0 Å². The molecule has 6 nitrogen and oxygen atoms in total. The van der Waals surface area contributed by atoms with Crippen LogP contribution in [-0.4, -0.2) is 20.7 Å². The molecule has 1 amide bonds. The number of para-hydroxylation sites is 1. The van der Waals surface area contributed by atoms with Gasteiger partial charge >= 0.3 is 0 Å². The molecule has 0 saturated heterocycles. The van der Waals surface area contributed by atoms with E-state index in [1.165, 1.54) is 0 Å². The quantitative estimate of drug-likeness (QED) is 0.563. The van der Waals surface area contributed by atoms with E-state index in [0.29, 0.717) is 12.1 Å². The Kier molecular flexibility index (Phi) is 4.29. The lowest BCUT2D eigenvalue weighted by atomic mass is 10.0. The van der Waals surface area contributed by atoms with E-state index in [9.17, 15) is 4.79 Å². The number of aromatic nitrogens is 3. The molecule has 2 aromatic heterocycles. The van der Waals surface area contributed by atoms with Gasteiger partial charge in [-0.1, -0.05) is 42.5 Å². The van der Waals surface area contributed by atoms with Gasteiger partial charge in [0.25, 0.3) is 5.91 Å². The number of pyridine rings is 1. The third-order valence-corrected chi connectivity index (χ3v) is 4.97. The Morgan fingerprint density at radius 3 is 2.59 bits per heavy atom. The van der Waals surface area contributed by atoms with E-state index in [-0.39, 0.29) is 12.1 Å². The summed E-state index contributed by atoms with van der Waals surface area (Å²) in [5.41, 5.74) is 5.22. The maximum Gasteiger partial charge on any atom is 0.255 e. The molecule has 29 heavy (non-hydrogen) atoms. The summed E-state index contributed by atoms with van der Waals surface area (Å²) in [6, 6.07) is 21.5. The maximum absolute atomic E-state index is 12.6. The summed E-state index contributed by atoms with van der Waals surface area (Å²) in [6.45, 7) is 0.644. The molecule has 0 saturated carbocycles. The zero-order valence-corrected chi connectivity index (χ0v) is 15.6. The van der Waals surface area contributed by atoms with Crippen LogP contribution in [0, 0.1) is 0 Å². The lowest BCUT2D eigenvalue weighted by molar-refractivity contribution is 0.0936. The molecule has 0 radical (unpaired) electrons. The molecule has 2 N–H and O–H groups in total. The SMILES string of the molecule is O=C1N[C@@H](c2cn(Cc3ccccc3)nc2-c2cccnc2)Nc2ccccc21. The Hall–Kier alpha value is -3.93. The zero-order valence-electron chi connectivity index (χ0n) is 15.6. The summed E-state index contributed by atoms with van der Waals surface area (Å²) in [5, 5.41) is 11.3. The van der Waals surface area contributed by atoms with E-state index in [2.05, 4.69) is 27.8 Å². The lowest BCUT2D eigenvalue weighted by Crippen LogP contribution is -2.38. The predicted octanol–water partition coefficient (Wildman–Crippen LogP) is 3.85. The van der Waals surface area contributed by atoms with Crippen LogP contribution in [-0.2, 0) is 6.54 Å². The van der Waals surface area contributed by atoms with Crippen LogP contribution in [0.4, 0.5) is 5.69 Å². The van der Waals surface area contributed by atoms with Gasteiger partial charge in [0, 0.05) is 35.4 Å². The molecule has 0 bridgehead atoms. The van der Waals surface area contributed by atoms with E-state index >= 15 is 0 Å². The number of fused-ring (bicyclic) bond motifs is 1. The summed E-state index contributed by atoms with van der Waals surface area (Å²) >= 11 is 0. The largest absolute Gasteiger partial charge is 0.361 e. The predicted molar refractivity (Wildman–Crippen MR) is 111 cm³/mol. The van der Waals surface area contributed by atoms with Crippen LogP contribution >= 0.6 is 0 Å². The molecule has 1 aliphatic heterocycles. The number of anilines is 1. The number of carbonyl (C=O) groups excluding carboxylic acids is 1. The van der Waals surface area contributed by atoms with Crippen LogP contribution in [0.15, 0.2) is 85.3 Å². The first-order chi connectivity index (χ1) is 14.3. The van der Waals surface area contributed by atoms with Gasteiger partial charge in [-0.25, -0.2) is 0 Å². The summed E-state index contributed by atoms with van der Waals surface area (Å²) in [7, 11) is 0. The molecule has 5 rings (SSSR count). The highest BCUT2D eigenvalue weighted by molar-refractivity contribution is 6.01. The fraction of sp³-hybridized carbons (Fsp3) is 0.0870. The molecule has 4 aromatic rings. The number of benzene rings is 2. The lowest BCUT2D eigenvalue weighted by Gasteiger charge is -2.27. The summed E-state index contributed by atoms with van der Waals surface area (Å²) in [4.78, 5) is 16.9. The third kappa shape index (κ3) is 3.36. The Morgan fingerprint density at radius 2 is 1.76 bits per heavy atom. The van der Waals surface area contributed by atoms with Crippen LogP contribution in [0.5, 0.6) is 0 Å². The number of carbonyl (C=O) groups is 1. The van der Waals surface area contributed by atoms with Gasteiger partial charge < -0.3 is 10.6 Å². The van der Waals surface area contributed by atoms with Gasteiger partial charge in [0.15, 0.2) is 0 Å². The smallest absolute Gasteiger partial charge is 0.255 e. The molecule has 0 unspecified atom stereocenters. The normalized spacial score (nSPS) is 15.3. The summed E-state index contributed by atoms with van der Waals surface area (Å²) in [5.74, 6) is -0.0997. The monoisotopic (exact) mass is 381 g/mol. The van der Waals surface area contributed by atoms with Gasteiger partial charge in [0.2, 0.25) is 0 Å². The van der Waals surface area contributed by atoms with Crippen molar-refractivity contribution in [2.75, 3.05) is 5.32 Å². The molecule has 1 aliphatic rings. The fourth-order valence-corrected chi connectivity index (χ4v) is 3.59. The van der Waals surface area contributed by atoms with Gasteiger partial charge in [-0.05, 0) is 29.8 Å². The molecule has 0 spiro atoms. The average Bonchev–Trinajstić information content (AvgIpc) is 3.19. The van der Waals surface area contributed by atoms with Crippen molar-refractivity contribution < 1.29 is 4.79 Å². The van der Waals surface area contributed by atoms with Crippen molar-refractivity contribution in [3.63, 3.8) is 0 Å². The topological polar surface area (TPSA) is 71.8 Å². The van der Waals surface area contributed by atoms with Crippen LogP contribution in [0.3, 0.4) is 0 Å². The van der Waals surface area contributed by atoms with E-state index < -0.39 is 0 Å². The van der Waals surface area contributed by atoms with Crippen molar-refractivity contribution in [1.82, 2.24) is 20.1 Å². The number of nitrogens with zero attached hydrogens (tertiary/aromatic N) is 3. The molecule has 1 atom stereocenters. The first-order valence-corrected chi connectivity index (χ1v) is 9.46. The molecular weight excluding hydrogens is 362 g/mol. The van der Waals surface area contributed by atoms with Crippen molar-refractivity contribution in [1.29, 1.82) is 0 Å². The molecule has 3 heterocycles. The highest BCUT2D eigenvalue weighted by Gasteiger charge is 2.28. The summed E-state index contributed by atoms with van der Waals surface area (Å²) < 4.78 is 1.90. The van der Waals surface area contributed by atoms with Crippen LogP contribution in [0.2, 0.25) is 0 Å². The first kappa shape index (κ1) is 17.2. The van der Waals surface area contributed by atoms with Gasteiger partial charge in [-0.3, -0.25) is 14.5 Å². The zero-order chi connectivity index (χ0) is 19.6. The molecule has 142 valence electrons. The average molecular weight is 381 g/mol. The molecule has 0 aliphatic carbocycles. The van der Waals surface area contributed by atoms with Gasteiger partial charge in [-0.15, -0.1) is 0 Å². The second kappa shape index (κ2) is 7.24. The summed E-state index contributed by atoms with van der Waals surface area (Å²) in [6.07, 6.45) is 5.14. The first-order valence-electron chi connectivity index (χ1n) is 9.46. The number of amides is 1. The van der Waals surface area contributed by atoms with E-state index in [1.807, 2.05) is 65.5 Å². The highest BCUT2D eigenvalue weighted by Crippen LogP contribution is 2.31. The fourth-order valence-electron chi connectivity index (χ4n) is 3.59. The molecular formula is C23H19N5O. The van der Waals surface area contributed by atoms with Crippen LogP contribution in [0.25, 0.3) is 11.3 Å². The maximum atomic E-state index is 12.6. The Balaban J connectivity index is 1.55. The molecule has 2 aromatic carbocycles. The number of hydrogen-bond donors (Lipinski definition) is 2. The van der Waals surface area contributed by atoms with Crippen LogP contribution < -0.4 is 10.6 Å². The Bertz CT molecular complexity index is 1150. The number of rotatable bonds is 4. The minimum Gasteiger partial charge on any atom is -0.361 e. The van der Waals surface area contributed by atoms with Crippen molar-refractivity contribution in [2.45, 2.75) is 12.7 Å². The highest BCUT2D eigenvalue weighted by atomic mass is 16.2. The molecule has 0 fully saturated rings. The third-order valence-electron chi connectivity index (χ3n) is 4.97. The van der Waals surface area contributed by atoms with Gasteiger partial charge in [0.1, 0.15) is 11.9 Å². The van der Waals surface area contributed by atoms with Crippen molar-refractivity contribution in [3.05, 3.63) is 102 Å². The minimum atomic E-state index is -0.378. The van der Waals surface area contributed by atoms with Gasteiger partial charge in [-0.2, -0.15) is 5.10 Å². The minimum absolute atomic E-state index is 0.0997. The Labute approximate surface area is 168 Å². The van der Waals surface area contributed by atoms with Gasteiger partial charge in [0.05, 0.1) is 12.1 Å². The van der Waals surface area contributed by atoms with E-state index in [0.717, 1.165) is 28.1 Å². The second-order valence-electron chi connectivity index (χ2n) is 6.95. The van der Waals surface area contributed by atoms with Crippen molar-refractivity contribution in [3.8, 4) is 11.3 Å². The standard InChI is InChI=1S/C23H19N5O/c29-23-18-10-4-5-11-20(18)25-22(26-23)19-15-28(14-16-7-2-1-3-8-16)27-21(19)17-9-6-12-24-13-17/h1-13,15,22,25H,14H2,(H,26,29)/t22-/m0/s1. The van der Waals surface area contributed by atoms with E-state index in [1.54, 1.807) is 12.4 Å². The number of nitrogens with one attached hydrogen (secondary N) is 2. The van der Waals surface area contributed by atoms with Crippen molar-refractivity contribution >= 4 is 11.6 Å². The Morgan fingerprint density at radius 1 is 0.931 bits per heavy atom. The second-order valence-corrected chi connectivity index (χ2v) is 6.95. The van der Waals surface area contributed by atoms with Crippen LogP contribution in [0.1, 0.15) is 27.7 Å². The number of hydrogen-bond acceptors (Lipinski definition) is 4.